The number of nitrogens with zero attached hydrogens (tertiary/aromatic N) is 1. The van der Waals surface area contributed by atoms with Gasteiger partial charge in [-0.15, -0.1) is 0 Å². The zero-order chi connectivity index (χ0) is 15.1. The molecule has 0 amide bonds. The standard InChI is InChI=1S/C17H21ClN2O/c1-13(2)10-19-11-15-16(18)7-5-8-17(15)21-12-14-6-3-4-9-20-14/h3-9,13,19H,10-12H2,1-2H3. The number of hydrogen-bond donors (Lipinski definition) is 1. The van der Waals surface area contributed by atoms with Gasteiger partial charge in [0.05, 0.1) is 5.69 Å². The van der Waals surface area contributed by atoms with Crippen molar-refractivity contribution in [2.24, 2.45) is 5.92 Å². The maximum Gasteiger partial charge on any atom is 0.130 e. The van der Waals surface area contributed by atoms with Crippen LogP contribution in [0.2, 0.25) is 5.02 Å². The molecule has 112 valence electrons. The molecule has 0 saturated heterocycles. The Morgan fingerprint density at radius 2 is 2.05 bits per heavy atom. The van der Waals surface area contributed by atoms with Crippen LogP contribution < -0.4 is 10.1 Å². The van der Waals surface area contributed by atoms with E-state index in [-0.39, 0.29) is 0 Å². The maximum absolute atomic E-state index is 6.29. The summed E-state index contributed by atoms with van der Waals surface area (Å²) in [4.78, 5) is 4.26. The first-order valence-electron chi connectivity index (χ1n) is 7.17. The number of benzene rings is 1. The molecule has 2 rings (SSSR count). The van der Waals surface area contributed by atoms with Gasteiger partial charge in [-0.2, -0.15) is 0 Å². The number of halogens is 1. The molecule has 0 aliphatic rings. The van der Waals surface area contributed by atoms with E-state index in [0.717, 1.165) is 28.6 Å². The quantitative estimate of drug-likeness (QED) is 0.837. The first kappa shape index (κ1) is 15.8. The lowest BCUT2D eigenvalue weighted by atomic mass is 10.1. The van der Waals surface area contributed by atoms with E-state index in [1.165, 1.54) is 0 Å². The summed E-state index contributed by atoms with van der Waals surface area (Å²) in [5.74, 6) is 1.41. The lowest BCUT2D eigenvalue weighted by molar-refractivity contribution is 0.297. The second-order valence-corrected chi connectivity index (χ2v) is 5.76. The molecule has 1 N–H and O–H groups in total. The number of rotatable bonds is 7. The molecule has 2 aromatic rings. The molecule has 1 heterocycles. The lowest BCUT2D eigenvalue weighted by Crippen LogP contribution is -2.19. The van der Waals surface area contributed by atoms with E-state index in [1.54, 1.807) is 6.20 Å². The zero-order valence-corrected chi connectivity index (χ0v) is 13.2. The Morgan fingerprint density at radius 3 is 2.76 bits per heavy atom. The highest BCUT2D eigenvalue weighted by molar-refractivity contribution is 6.31. The molecule has 1 aromatic carbocycles. The van der Waals surface area contributed by atoms with Gasteiger partial charge >= 0.3 is 0 Å². The van der Waals surface area contributed by atoms with Crippen molar-refractivity contribution in [1.29, 1.82) is 0 Å². The first-order valence-corrected chi connectivity index (χ1v) is 7.55. The molecule has 0 spiro atoms. The van der Waals surface area contributed by atoms with Gasteiger partial charge < -0.3 is 10.1 Å². The van der Waals surface area contributed by atoms with Gasteiger partial charge in [0.2, 0.25) is 0 Å². The van der Waals surface area contributed by atoms with Crippen molar-refractivity contribution in [3.63, 3.8) is 0 Å². The topological polar surface area (TPSA) is 34.1 Å². The average molecular weight is 305 g/mol. The van der Waals surface area contributed by atoms with E-state index in [1.807, 2.05) is 36.4 Å². The van der Waals surface area contributed by atoms with Crippen LogP contribution >= 0.6 is 11.6 Å². The normalized spacial score (nSPS) is 10.9. The van der Waals surface area contributed by atoms with E-state index in [9.17, 15) is 0 Å². The lowest BCUT2D eigenvalue weighted by Gasteiger charge is -2.14. The summed E-state index contributed by atoms with van der Waals surface area (Å²) < 4.78 is 5.87. The fourth-order valence-electron chi connectivity index (χ4n) is 1.97. The van der Waals surface area contributed by atoms with Crippen LogP contribution in [0, 0.1) is 5.92 Å². The summed E-state index contributed by atoms with van der Waals surface area (Å²) in [5.41, 5.74) is 1.90. The summed E-state index contributed by atoms with van der Waals surface area (Å²) in [6.45, 7) is 6.45. The van der Waals surface area contributed by atoms with Crippen molar-refractivity contribution in [2.45, 2.75) is 27.0 Å². The SMILES string of the molecule is CC(C)CNCc1c(Cl)cccc1OCc1ccccn1. The predicted molar refractivity (Wildman–Crippen MR) is 86.6 cm³/mol. The largest absolute Gasteiger partial charge is 0.487 e. The molecule has 4 heteroatoms. The molecule has 0 saturated carbocycles. The highest BCUT2D eigenvalue weighted by Crippen LogP contribution is 2.27. The highest BCUT2D eigenvalue weighted by Gasteiger charge is 2.09. The molecular formula is C17H21ClN2O. The van der Waals surface area contributed by atoms with Crippen LogP contribution in [-0.2, 0) is 13.2 Å². The smallest absolute Gasteiger partial charge is 0.130 e. The minimum absolute atomic E-state index is 0.443. The van der Waals surface area contributed by atoms with Crippen LogP contribution in [-0.4, -0.2) is 11.5 Å². The van der Waals surface area contributed by atoms with Crippen molar-refractivity contribution in [2.75, 3.05) is 6.54 Å². The molecule has 21 heavy (non-hydrogen) atoms. The van der Waals surface area contributed by atoms with Crippen molar-refractivity contribution < 1.29 is 4.74 Å². The monoisotopic (exact) mass is 304 g/mol. The third-order valence-electron chi connectivity index (χ3n) is 3.03. The summed E-state index contributed by atoms with van der Waals surface area (Å²) >= 11 is 6.29. The van der Waals surface area contributed by atoms with Gasteiger partial charge in [0.25, 0.3) is 0 Å². The van der Waals surface area contributed by atoms with Crippen LogP contribution in [0.15, 0.2) is 42.6 Å². The predicted octanol–water partition coefficient (Wildman–Crippen LogP) is 4.06. The third-order valence-corrected chi connectivity index (χ3v) is 3.39. The molecule has 0 bridgehead atoms. The number of nitrogens with one attached hydrogen (secondary N) is 1. The van der Waals surface area contributed by atoms with Crippen molar-refractivity contribution >= 4 is 11.6 Å². The molecule has 0 unspecified atom stereocenters. The molecule has 1 aromatic heterocycles. The van der Waals surface area contributed by atoms with Crippen molar-refractivity contribution in [1.82, 2.24) is 10.3 Å². The molecule has 0 fully saturated rings. The number of hydrogen-bond acceptors (Lipinski definition) is 3. The van der Waals surface area contributed by atoms with Gasteiger partial charge in [-0.05, 0) is 36.7 Å². The Labute approximate surface area is 131 Å². The maximum atomic E-state index is 6.29. The van der Waals surface area contributed by atoms with Crippen molar-refractivity contribution in [3.8, 4) is 5.75 Å². The fraction of sp³-hybridized carbons (Fsp3) is 0.353. The fourth-order valence-corrected chi connectivity index (χ4v) is 2.20. The average Bonchev–Trinajstić information content (AvgIpc) is 2.48. The molecule has 0 radical (unpaired) electrons. The van der Waals surface area contributed by atoms with Gasteiger partial charge in [0.1, 0.15) is 12.4 Å². The van der Waals surface area contributed by atoms with Gasteiger partial charge in [-0.3, -0.25) is 4.98 Å². The van der Waals surface area contributed by atoms with Crippen LogP contribution in [0.1, 0.15) is 25.1 Å². The highest BCUT2D eigenvalue weighted by atomic mass is 35.5. The minimum Gasteiger partial charge on any atom is -0.487 e. The molecule has 0 atom stereocenters. The van der Waals surface area contributed by atoms with Crippen LogP contribution in [0.5, 0.6) is 5.75 Å². The van der Waals surface area contributed by atoms with Gasteiger partial charge in [-0.25, -0.2) is 0 Å². The van der Waals surface area contributed by atoms with E-state index >= 15 is 0 Å². The molecule has 0 aliphatic heterocycles. The Kier molecular flexibility index (Phi) is 6.03. The van der Waals surface area contributed by atoms with Crippen LogP contribution in [0.25, 0.3) is 0 Å². The van der Waals surface area contributed by atoms with Crippen molar-refractivity contribution in [3.05, 3.63) is 58.9 Å². The number of ether oxygens (including phenoxy) is 1. The summed E-state index contributed by atoms with van der Waals surface area (Å²) in [6.07, 6.45) is 1.77. The van der Waals surface area contributed by atoms with Crippen LogP contribution in [0.4, 0.5) is 0 Å². The zero-order valence-electron chi connectivity index (χ0n) is 12.5. The Bertz CT molecular complexity index is 558. The summed E-state index contributed by atoms with van der Waals surface area (Å²) in [7, 11) is 0. The van der Waals surface area contributed by atoms with Gasteiger partial charge in [-0.1, -0.05) is 37.6 Å². The Hall–Kier alpha value is -1.58. The third kappa shape index (κ3) is 5.03. The van der Waals surface area contributed by atoms with E-state index < -0.39 is 0 Å². The number of aromatic nitrogens is 1. The Balaban J connectivity index is 2.02. The van der Waals surface area contributed by atoms with E-state index in [2.05, 4.69) is 24.1 Å². The van der Waals surface area contributed by atoms with E-state index in [0.29, 0.717) is 19.1 Å². The second-order valence-electron chi connectivity index (χ2n) is 5.35. The van der Waals surface area contributed by atoms with Gasteiger partial charge in [0, 0.05) is 23.3 Å². The second kappa shape index (κ2) is 8.01. The number of pyridine rings is 1. The van der Waals surface area contributed by atoms with Gasteiger partial charge in [0.15, 0.2) is 0 Å². The van der Waals surface area contributed by atoms with E-state index in [4.69, 9.17) is 16.3 Å². The molecule has 0 aliphatic carbocycles. The first-order chi connectivity index (χ1) is 10.2. The molecule has 3 nitrogen and oxygen atoms in total. The molecular weight excluding hydrogens is 284 g/mol. The Morgan fingerprint density at radius 1 is 1.19 bits per heavy atom. The summed E-state index contributed by atoms with van der Waals surface area (Å²) in [5, 5.41) is 4.13. The summed E-state index contributed by atoms with van der Waals surface area (Å²) in [6, 6.07) is 11.5. The van der Waals surface area contributed by atoms with Crippen LogP contribution in [0.3, 0.4) is 0 Å². The minimum atomic E-state index is 0.443.